The average Bonchev–Trinajstić information content (AvgIpc) is 2.47. The molecule has 3 nitrogen and oxygen atoms in total. The number of halogens is 1. The van der Waals surface area contributed by atoms with Gasteiger partial charge < -0.3 is 15.4 Å². The lowest BCUT2D eigenvalue weighted by Gasteiger charge is -2.35. The summed E-state index contributed by atoms with van der Waals surface area (Å²) in [7, 11) is 0. The Bertz CT molecular complexity index is 438. The Balaban J connectivity index is 2.24. The minimum atomic E-state index is -0.150. The monoisotopic (exact) mass is 280 g/mol. The molecule has 1 fully saturated rings. The third-order valence-electron chi connectivity index (χ3n) is 3.99. The molecule has 4 heteroatoms. The van der Waals surface area contributed by atoms with Gasteiger partial charge in [0.05, 0.1) is 18.4 Å². The minimum absolute atomic E-state index is 0.0820. The van der Waals surface area contributed by atoms with Crippen molar-refractivity contribution in [2.75, 3.05) is 24.6 Å². The van der Waals surface area contributed by atoms with Crippen LogP contribution in [-0.4, -0.2) is 31.8 Å². The van der Waals surface area contributed by atoms with E-state index in [1.165, 1.54) is 6.07 Å². The van der Waals surface area contributed by atoms with Gasteiger partial charge in [0.25, 0.3) is 0 Å². The number of para-hydroxylation sites is 1. The van der Waals surface area contributed by atoms with Crippen molar-refractivity contribution in [1.29, 1.82) is 0 Å². The van der Waals surface area contributed by atoms with Crippen molar-refractivity contribution in [2.45, 2.75) is 45.3 Å². The van der Waals surface area contributed by atoms with Gasteiger partial charge in [-0.2, -0.15) is 0 Å². The molecule has 0 amide bonds. The normalized spacial score (nSPS) is 21.0. The predicted octanol–water partition coefficient (Wildman–Crippen LogP) is 2.72. The average molecular weight is 280 g/mol. The van der Waals surface area contributed by atoms with Crippen LogP contribution in [-0.2, 0) is 11.2 Å². The van der Waals surface area contributed by atoms with Gasteiger partial charge in [-0.1, -0.05) is 26.0 Å². The molecule has 1 heterocycles. The molecule has 1 aromatic carbocycles. The molecule has 0 aromatic heterocycles. The molecule has 2 rings (SSSR count). The summed E-state index contributed by atoms with van der Waals surface area (Å²) in [5, 5.41) is 0. The smallest absolute Gasteiger partial charge is 0.146 e. The molecular formula is C16H25FN2O. The van der Waals surface area contributed by atoms with Crippen LogP contribution in [0.4, 0.5) is 10.1 Å². The van der Waals surface area contributed by atoms with E-state index in [1.807, 2.05) is 6.07 Å². The molecule has 0 saturated carbocycles. The number of rotatable bonds is 5. The highest BCUT2D eigenvalue weighted by Crippen LogP contribution is 2.28. The Morgan fingerprint density at radius 2 is 2.25 bits per heavy atom. The van der Waals surface area contributed by atoms with Crippen LogP contribution in [0, 0.1) is 5.82 Å². The molecule has 0 spiro atoms. The number of morpholine rings is 1. The number of nitrogens with zero attached hydrogens (tertiary/aromatic N) is 1. The summed E-state index contributed by atoms with van der Waals surface area (Å²) >= 11 is 0. The van der Waals surface area contributed by atoms with Crippen LogP contribution in [0.3, 0.4) is 0 Å². The number of anilines is 1. The first-order valence-corrected chi connectivity index (χ1v) is 7.55. The fourth-order valence-electron chi connectivity index (χ4n) is 2.68. The Kier molecular flexibility index (Phi) is 5.38. The summed E-state index contributed by atoms with van der Waals surface area (Å²) in [5.74, 6) is -0.150. The zero-order valence-electron chi connectivity index (χ0n) is 12.4. The molecule has 20 heavy (non-hydrogen) atoms. The number of ether oxygens (including phenoxy) is 1. The predicted molar refractivity (Wildman–Crippen MR) is 80.6 cm³/mol. The standard InChI is InChI=1S/C16H25FN2O/c1-3-13(18)10-12-6-5-7-15(17)16(12)19-8-9-20-14(4-2)11-19/h5-7,13-14H,3-4,8-11,18H2,1-2H3. The lowest BCUT2D eigenvalue weighted by Crippen LogP contribution is -2.43. The van der Waals surface area contributed by atoms with Crippen LogP contribution < -0.4 is 10.6 Å². The van der Waals surface area contributed by atoms with E-state index < -0.39 is 0 Å². The fourth-order valence-corrected chi connectivity index (χ4v) is 2.68. The molecule has 0 bridgehead atoms. The highest BCUT2D eigenvalue weighted by Gasteiger charge is 2.23. The molecular weight excluding hydrogens is 255 g/mol. The van der Waals surface area contributed by atoms with Crippen LogP contribution in [0.25, 0.3) is 0 Å². The summed E-state index contributed by atoms with van der Waals surface area (Å²) in [5.41, 5.74) is 7.77. The zero-order valence-corrected chi connectivity index (χ0v) is 12.4. The molecule has 1 saturated heterocycles. The van der Waals surface area contributed by atoms with Crippen molar-refractivity contribution in [2.24, 2.45) is 5.73 Å². The van der Waals surface area contributed by atoms with E-state index in [-0.39, 0.29) is 18.0 Å². The number of benzene rings is 1. The van der Waals surface area contributed by atoms with Crippen molar-refractivity contribution in [3.8, 4) is 0 Å². The van der Waals surface area contributed by atoms with E-state index in [2.05, 4.69) is 18.7 Å². The maximum Gasteiger partial charge on any atom is 0.146 e. The van der Waals surface area contributed by atoms with Crippen LogP contribution in [0.1, 0.15) is 32.3 Å². The van der Waals surface area contributed by atoms with Crippen molar-refractivity contribution in [1.82, 2.24) is 0 Å². The summed E-state index contributed by atoms with van der Waals surface area (Å²) in [6, 6.07) is 5.38. The first-order chi connectivity index (χ1) is 9.65. The Hall–Kier alpha value is -1.13. The summed E-state index contributed by atoms with van der Waals surface area (Å²) in [4.78, 5) is 2.12. The number of hydrogen-bond acceptors (Lipinski definition) is 3. The zero-order chi connectivity index (χ0) is 14.5. The molecule has 112 valence electrons. The van der Waals surface area contributed by atoms with Gasteiger partial charge in [0, 0.05) is 19.1 Å². The van der Waals surface area contributed by atoms with Crippen molar-refractivity contribution in [3.05, 3.63) is 29.6 Å². The largest absolute Gasteiger partial charge is 0.375 e. The van der Waals surface area contributed by atoms with E-state index in [1.54, 1.807) is 6.07 Å². The SMILES string of the molecule is CCC(N)Cc1cccc(F)c1N1CCOC(CC)C1. The van der Waals surface area contributed by atoms with Crippen molar-refractivity contribution < 1.29 is 9.13 Å². The highest BCUT2D eigenvalue weighted by atomic mass is 19.1. The van der Waals surface area contributed by atoms with Gasteiger partial charge in [-0.05, 0) is 30.9 Å². The number of nitrogens with two attached hydrogens (primary N) is 1. The molecule has 0 aliphatic carbocycles. The van der Waals surface area contributed by atoms with Gasteiger partial charge in [-0.25, -0.2) is 4.39 Å². The third-order valence-corrected chi connectivity index (χ3v) is 3.99. The summed E-state index contributed by atoms with van der Waals surface area (Å²) < 4.78 is 20.0. The fraction of sp³-hybridized carbons (Fsp3) is 0.625. The second-order valence-electron chi connectivity index (χ2n) is 5.47. The maximum atomic E-state index is 14.3. The lowest BCUT2D eigenvalue weighted by molar-refractivity contribution is 0.0381. The molecule has 2 N–H and O–H groups in total. The van der Waals surface area contributed by atoms with Gasteiger partial charge in [0.1, 0.15) is 5.82 Å². The van der Waals surface area contributed by atoms with Gasteiger partial charge in [-0.15, -0.1) is 0 Å². The quantitative estimate of drug-likeness (QED) is 0.901. The second kappa shape index (κ2) is 7.04. The van der Waals surface area contributed by atoms with E-state index >= 15 is 0 Å². The van der Waals surface area contributed by atoms with E-state index in [4.69, 9.17) is 10.5 Å². The molecule has 2 unspecified atom stereocenters. The lowest BCUT2D eigenvalue weighted by atomic mass is 10.0. The van der Waals surface area contributed by atoms with E-state index in [9.17, 15) is 4.39 Å². The van der Waals surface area contributed by atoms with Crippen molar-refractivity contribution >= 4 is 5.69 Å². The first kappa shape index (κ1) is 15.3. The third kappa shape index (κ3) is 3.49. The van der Waals surface area contributed by atoms with Crippen LogP contribution in [0.5, 0.6) is 0 Å². The molecule has 0 radical (unpaired) electrons. The Morgan fingerprint density at radius 3 is 2.95 bits per heavy atom. The Morgan fingerprint density at radius 1 is 1.45 bits per heavy atom. The molecule has 1 aliphatic rings. The molecule has 1 aromatic rings. The van der Waals surface area contributed by atoms with Crippen LogP contribution in [0.15, 0.2) is 18.2 Å². The van der Waals surface area contributed by atoms with E-state index in [0.29, 0.717) is 6.61 Å². The van der Waals surface area contributed by atoms with Gasteiger partial charge >= 0.3 is 0 Å². The first-order valence-electron chi connectivity index (χ1n) is 7.55. The van der Waals surface area contributed by atoms with Crippen molar-refractivity contribution in [3.63, 3.8) is 0 Å². The molecule has 1 aliphatic heterocycles. The summed E-state index contributed by atoms with van der Waals surface area (Å²) in [6.45, 7) is 6.32. The van der Waals surface area contributed by atoms with Gasteiger partial charge in [0.2, 0.25) is 0 Å². The van der Waals surface area contributed by atoms with Crippen LogP contribution in [0.2, 0.25) is 0 Å². The highest BCUT2D eigenvalue weighted by molar-refractivity contribution is 5.55. The maximum absolute atomic E-state index is 14.3. The second-order valence-corrected chi connectivity index (χ2v) is 5.47. The van der Waals surface area contributed by atoms with Crippen LogP contribution >= 0.6 is 0 Å². The Labute approximate surface area is 120 Å². The minimum Gasteiger partial charge on any atom is -0.375 e. The summed E-state index contributed by atoms with van der Waals surface area (Å²) in [6.07, 6.45) is 2.76. The van der Waals surface area contributed by atoms with Gasteiger partial charge in [0.15, 0.2) is 0 Å². The number of hydrogen-bond donors (Lipinski definition) is 1. The van der Waals surface area contributed by atoms with Gasteiger partial charge in [-0.3, -0.25) is 0 Å². The molecule has 2 atom stereocenters. The topological polar surface area (TPSA) is 38.5 Å². The van der Waals surface area contributed by atoms with E-state index in [0.717, 1.165) is 43.6 Å².